The van der Waals surface area contributed by atoms with Crippen molar-refractivity contribution in [2.75, 3.05) is 0 Å². The Morgan fingerprint density at radius 2 is 0.818 bits per heavy atom. The van der Waals surface area contributed by atoms with Gasteiger partial charge >= 0.3 is 41.7 Å². The number of carboxylic acids is 3. The van der Waals surface area contributed by atoms with Crippen LogP contribution in [0.25, 0.3) is 0 Å². The molecule has 0 saturated carbocycles. The molecular formula is C15H21CeO6. The van der Waals surface area contributed by atoms with E-state index in [1.807, 2.05) is 20.8 Å². The van der Waals surface area contributed by atoms with Crippen molar-refractivity contribution in [2.45, 2.75) is 40.0 Å². The van der Waals surface area contributed by atoms with Crippen LogP contribution < -0.4 is 15.3 Å². The van der Waals surface area contributed by atoms with E-state index in [0.29, 0.717) is 0 Å². The second-order valence-electron chi connectivity index (χ2n) is 3.39. The Morgan fingerprint density at radius 3 is 0.864 bits per heavy atom. The average molecular weight is 437 g/mol. The van der Waals surface area contributed by atoms with Crippen LogP contribution in [0.4, 0.5) is 0 Å². The van der Waals surface area contributed by atoms with Crippen LogP contribution in [0, 0.1) is 41.7 Å². The Hall–Kier alpha value is -0.993. The standard InChI is InChI=1S/3C5H8O2.Ce/c3*1-2-3-4-5(6)7;/h3*3-4H,2H2,1H3,(H,6,7);/q;;;+3/p-3. The summed E-state index contributed by atoms with van der Waals surface area (Å²) in [5.74, 6) is -3.37. The fraction of sp³-hybridized carbons (Fsp3) is 0.400. The molecule has 0 amide bonds. The maximum absolute atomic E-state index is 9.56. The van der Waals surface area contributed by atoms with Crippen LogP contribution >= 0.6 is 0 Å². The molecule has 0 aromatic heterocycles. The zero-order chi connectivity index (χ0) is 17.1. The van der Waals surface area contributed by atoms with Gasteiger partial charge < -0.3 is 29.7 Å². The van der Waals surface area contributed by atoms with Gasteiger partial charge in [0.25, 0.3) is 0 Å². The molecule has 0 unspecified atom stereocenters. The summed E-state index contributed by atoms with van der Waals surface area (Å²) in [6.07, 6.45) is 9.93. The molecule has 0 aromatic carbocycles. The van der Waals surface area contributed by atoms with Gasteiger partial charge in [-0.25, -0.2) is 0 Å². The third-order valence-electron chi connectivity index (χ3n) is 1.47. The summed E-state index contributed by atoms with van der Waals surface area (Å²) in [6.45, 7) is 5.58. The molecule has 0 heterocycles. The van der Waals surface area contributed by atoms with Gasteiger partial charge in [0.05, 0.1) is 17.9 Å². The largest absolute Gasteiger partial charge is 3.00 e. The smallest absolute Gasteiger partial charge is 0.545 e. The first-order valence-electron chi connectivity index (χ1n) is 6.44. The molecule has 0 spiro atoms. The molecular weight excluding hydrogens is 416 g/mol. The molecule has 7 heteroatoms. The number of carboxylic acid groups (broad SMARTS) is 3. The Morgan fingerprint density at radius 1 is 0.636 bits per heavy atom. The molecule has 0 bridgehead atoms. The van der Waals surface area contributed by atoms with Crippen LogP contribution in [0.2, 0.25) is 0 Å². The SMILES string of the molecule is CCC=CC(=O)[O-].CCC=CC(=O)[O-].CCC=CC(=O)[O-].[Ce+3]. The van der Waals surface area contributed by atoms with E-state index in [1.54, 1.807) is 0 Å². The summed E-state index contributed by atoms with van der Waals surface area (Å²) in [7, 11) is 0. The van der Waals surface area contributed by atoms with E-state index in [2.05, 4.69) is 0 Å². The molecule has 0 aliphatic carbocycles. The number of carbonyl (C=O) groups is 3. The summed E-state index contributed by atoms with van der Waals surface area (Å²) in [4.78, 5) is 28.7. The summed E-state index contributed by atoms with van der Waals surface area (Å²) in [5, 5.41) is 28.7. The van der Waals surface area contributed by atoms with Gasteiger partial charge in [0.1, 0.15) is 0 Å². The normalized spacial score (nSPS) is 9.41. The molecule has 0 aliphatic rings. The van der Waals surface area contributed by atoms with Gasteiger partial charge in [-0.2, -0.15) is 0 Å². The maximum atomic E-state index is 9.56. The van der Waals surface area contributed by atoms with Crippen molar-refractivity contribution in [3.05, 3.63) is 36.5 Å². The van der Waals surface area contributed by atoms with Crippen molar-refractivity contribution in [1.82, 2.24) is 0 Å². The minimum absolute atomic E-state index is 0. The van der Waals surface area contributed by atoms with E-state index in [0.717, 1.165) is 37.5 Å². The van der Waals surface area contributed by atoms with Gasteiger partial charge in [0, 0.05) is 0 Å². The van der Waals surface area contributed by atoms with Crippen LogP contribution in [0.1, 0.15) is 40.0 Å². The van der Waals surface area contributed by atoms with Crippen LogP contribution in [0.15, 0.2) is 36.5 Å². The molecule has 0 aromatic rings. The predicted molar refractivity (Wildman–Crippen MR) is 73.3 cm³/mol. The Kier molecular flexibility index (Phi) is 33.0. The minimum atomic E-state index is -1.12. The van der Waals surface area contributed by atoms with Crippen molar-refractivity contribution in [3.63, 3.8) is 0 Å². The van der Waals surface area contributed by atoms with Gasteiger partial charge in [-0.15, -0.1) is 0 Å². The summed E-state index contributed by atoms with van der Waals surface area (Å²) in [6, 6.07) is 0. The van der Waals surface area contributed by atoms with Crippen molar-refractivity contribution in [2.24, 2.45) is 0 Å². The van der Waals surface area contributed by atoms with Crippen LogP contribution in [0.3, 0.4) is 0 Å². The van der Waals surface area contributed by atoms with Crippen LogP contribution in [-0.4, -0.2) is 17.9 Å². The van der Waals surface area contributed by atoms with Crippen molar-refractivity contribution >= 4 is 17.9 Å². The molecule has 22 heavy (non-hydrogen) atoms. The molecule has 0 fully saturated rings. The number of allylic oxidation sites excluding steroid dienone is 3. The number of hydrogen-bond donors (Lipinski definition) is 0. The van der Waals surface area contributed by atoms with Crippen molar-refractivity contribution in [1.29, 1.82) is 0 Å². The van der Waals surface area contributed by atoms with E-state index in [9.17, 15) is 29.7 Å². The van der Waals surface area contributed by atoms with E-state index in [1.165, 1.54) is 18.2 Å². The predicted octanol–water partition coefficient (Wildman–Crippen LogP) is -0.892. The molecule has 121 valence electrons. The average Bonchev–Trinajstić information content (AvgIpc) is 2.41. The zero-order valence-electron chi connectivity index (χ0n) is 13.0. The quantitative estimate of drug-likeness (QED) is 0.497. The Bertz CT molecular complexity index is 315. The third-order valence-corrected chi connectivity index (χ3v) is 1.47. The number of hydrogen-bond acceptors (Lipinski definition) is 6. The molecule has 0 rings (SSSR count). The second kappa shape index (κ2) is 25.0. The topological polar surface area (TPSA) is 120 Å². The van der Waals surface area contributed by atoms with E-state index in [4.69, 9.17) is 0 Å². The van der Waals surface area contributed by atoms with Gasteiger partial charge in [0.15, 0.2) is 0 Å². The van der Waals surface area contributed by atoms with Gasteiger partial charge in [-0.1, -0.05) is 39.0 Å². The van der Waals surface area contributed by atoms with E-state index in [-0.39, 0.29) is 41.7 Å². The summed E-state index contributed by atoms with van der Waals surface area (Å²) >= 11 is 0. The fourth-order valence-electron chi connectivity index (χ4n) is 0.642. The summed E-state index contributed by atoms with van der Waals surface area (Å²) < 4.78 is 0. The van der Waals surface area contributed by atoms with Gasteiger partial charge in [-0.3, -0.25) is 0 Å². The Labute approximate surface area is 165 Å². The molecule has 0 atom stereocenters. The molecule has 0 saturated heterocycles. The first kappa shape index (κ1) is 29.1. The van der Waals surface area contributed by atoms with E-state index < -0.39 is 17.9 Å². The number of carbonyl (C=O) groups excluding carboxylic acids is 3. The monoisotopic (exact) mass is 437 g/mol. The van der Waals surface area contributed by atoms with Gasteiger partial charge in [-0.05, 0) is 37.5 Å². The molecule has 6 nitrogen and oxygen atoms in total. The molecule has 1 radical (unpaired) electrons. The minimum Gasteiger partial charge on any atom is -0.545 e. The van der Waals surface area contributed by atoms with E-state index >= 15 is 0 Å². The zero-order valence-corrected chi connectivity index (χ0v) is 16.2. The Balaban J connectivity index is -0.000000108. The van der Waals surface area contributed by atoms with Gasteiger partial charge in [0.2, 0.25) is 0 Å². The number of rotatable bonds is 6. The first-order chi connectivity index (χ1) is 9.81. The van der Waals surface area contributed by atoms with Crippen molar-refractivity contribution in [3.8, 4) is 0 Å². The fourth-order valence-corrected chi connectivity index (χ4v) is 0.642. The van der Waals surface area contributed by atoms with Crippen LogP contribution in [0.5, 0.6) is 0 Å². The van der Waals surface area contributed by atoms with Crippen molar-refractivity contribution < 1.29 is 71.5 Å². The maximum Gasteiger partial charge on any atom is 3.00 e. The molecule has 0 aliphatic heterocycles. The molecule has 0 N–H and O–H groups in total. The summed E-state index contributed by atoms with van der Waals surface area (Å²) in [5.41, 5.74) is 0. The third kappa shape index (κ3) is 50.9. The number of aliphatic carboxylic acids is 3. The van der Waals surface area contributed by atoms with Crippen LogP contribution in [-0.2, 0) is 14.4 Å². The first-order valence-corrected chi connectivity index (χ1v) is 6.44. The second-order valence-corrected chi connectivity index (χ2v) is 3.39.